The Morgan fingerprint density at radius 3 is 2.53 bits per heavy atom. The molecule has 2 aliphatic heterocycles. The lowest BCUT2D eigenvalue weighted by Crippen LogP contribution is -2.62. The molecule has 3 rings (SSSR count). The van der Waals surface area contributed by atoms with Crippen molar-refractivity contribution in [3.63, 3.8) is 0 Å². The third-order valence-electron chi connectivity index (χ3n) is 5.77. The van der Waals surface area contributed by atoms with E-state index in [1.54, 1.807) is 20.8 Å². The molecule has 0 radical (unpaired) electrons. The smallest absolute Gasteiger partial charge is 0.331 e. The van der Waals surface area contributed by atoms with E-state index in [0.717, 1.165) is 11.0 Å². The van der Waals surface area contributed by atoms with Crippen LogP contribution in [0, 0.1) is 11.7 Å². The van der Waals surface area contributed by atoms with E-state index < -0.39 is 70.4 Å². The first-order chi connectivity index (χ1) is 15.9. The fraction of sp³-hybridized carbons (Fsp3) is 0.591. The number of carbonyl (C=O) groups excluding carboxylic acids is 3. The summed E-state index contributed by atoms with van der Waals surface area (Å²) in [7, 11) is 0. The predicted molar refractivity (Wildman–Crippen MR) is 125 cm³/mol. The maximum atomic E-state index is 15.7. The van der Waals surface area contributed by atoms with Gasteiger partial charge in [0, 0.05) is 47.1 Å². The van der Waals surface area contributed by atoms with Gasteiger partial charge in [0.05, 0.1) is 0 Å². The molecule has 0 aromatic heterocycles. The quantitative estimate of drug-likeness (QED) is 0.389. The van der Waals surface area contributed by atoms with E-state index in [-0.39, 0.29) is 5.56 Å². The molecule has 34 heavy (non-hydrogen) atoms. The van der Waals surface area contributed by atoms with Crippen molar-refractivity contribution in [3.8, 4) is 0 Å². The second-order valence-electron chi connectivity index (χ2n) is 9.29. The fourth-order valence-corrected chi connectivity index (χ4v) is 5.06. The van der Waals surface area contributed by atoms with E-state index in [4.69, 9.17) is 4.74 Å². The Bertz CT molecular complexity index is 942. The van der Waals surface area contributed by atoms with Crippen molar-refractivity contribution in [1.82, 2.24) is 14.9 Å². The van der Waals surface area contributed by atoms with Crippen LogP contribution in [0.25, 0.3) is 0 Å². The summed E-state index contributed by atoms with van der Waals surface area (Å²) in [4.78, 5) is 38.9. The molecule has 2 heterocycles. The van der Waals surface area contributed by atoms with Crippen LogP contribution in [-0.4, -0.2) is 57.5 Å². The van der Waals surface area contributed by atoms with Gasteiger partial charge in [0.15, 0.2) is 0 Å². The van der Waals surface area contributed by atoms with Crippen molar-refractivity contribution < 1.29 is 32.5 Å². The highest BCUT2D eigenvalue weighted by molar-refractivity contribution is 9.10. The SMILES string of the molecule is CC(C)(C)[S@@+]([O-])N[C@@H](c1ccc(Br)cc1F)[C@H](F)C[C@@H]1C(=O)NC(=O)N(C2CCOCC2)C1=O. The third kappa shape index (κ3) is 6.14. The Hall–Kier alpha value is -1.60. The topological polar surface area (TPSA) is 111 Å². The molecular weight excluding hydrogens is 536 g/mol. The van der Waals surface area contributed by atoms with Crippen molar-refractivity contribution in [1.29, 1.82) is 0 Å². The largest absolute Gasteiger partial charge is 0.598 e. The van der Waals surface area contributed by atoms with Crippen molar-refractivity contribution in [2.75, 3.05) is 13.2 Å². The van der Waals surface area contributed by atoms with Gasteiger partial charge < -0.3 is 9.29 Å². The van der Waals surface area contributed by atoms with Crippen LogP contribution < -0.4 is 10.0 Å². The lowest BCUT2D eigenvalue weighted by atomic mass is 9.91. The van der Waals surface area contributed by atoms with Crippen LogP contribution in [-0.2, 0) is 25.7 Å². The highest BCUT2D eigenvalue weighted by atomic mass is 79.9. The molecule has 1 aromatic rings. The maximum absolute atomic E-state index is 15.7. The van der Waals surface area contributed by atoms with Gasteiger partial charge in [0.1, 0.15) is 28.7 Å². The average molecular weight is 564 g/mol. The summed E-state index contributed by atoms with van der Waals surface area (Å²) in [5, 5.41) is 2.13. The Kier molecular flexibility index (Phi) is 8.72. The number of carbonyl (C=O) groups is 3. The number of hydrogen-bond donors (Lipinski definition) is 2. The van der Waals surface area contributed by atoms with Crippen molar-refractivity contribution in [3.05, 3.63) is 34.1 Å². The Labute approximate surface area is 208 Å². The highest BCUT2D eigenvalue weighted by Gasteiger charge is 2.46. The van der Waals surface area contributed by atoms with Gasteiger partial charge in [-0.15, -0.1) is 4.72 Å². The number of nitrogens with zero attached hydrogens (tertiary/aromatic N) is 1. The highest BCUT2D eigenvalue weighted by Crippen LogP contribution is 2.32. The van der Waals surface area contributed by atoms with Crippen LogP contribution >= 0.6 is 15.9 Å². The van der Waals surface area contributed by atoms with Crippen molar-refractivity contribution >= 4 is 45.1 Å². The molecule has 2 aliphatic rings. The number of nitrogens with one attached hydrogen (secondary N) is 2. The summed E-state index contributed by atoms with van der Waals surface area (Å²) >= 11 is 1.38. The summed E-state index contributed by atoms with van der Waals surface area (Å²) in [6.07, 6.45) is -1.76. The maximum Gasteiger partial charge on any atom is 0.331 e. The van der Waals surface area contributed by atoms with Gasteiger partial charge in [0.25, 0.3) is 0 Å². The van der Waals surface area contributed by atoms with Crippen molar-refractivity contribution in [2.45, 2.75) is 63.0 Å². The summed E-state index contributed by atoms with van der Waals surface area (Å²) < 4.78 is 50.8. The zero-order valence-electron chi connectivity index (χ0n) is 19.1. The summed E-state index contributed by atoms with van der Waals surface area (Å²) in [5.41, 5.74) is -0.0886. The predicted octanol–water partition coefficient (Wildman–Crippen LogP) is 3.28. The molecule has 12 heteroatoms. The molecule has 2 saturated heterocycles. The van der Waals surface area contributed by atoms with Crippen LogP contribution in [0.1, 0.15) is 51.6 Å². The minimum absolute atomic E-state index is 0.0886. The zero-order chi connectivity index (χ0) is 25.2. The van der Waals surface area contributed by atoms with Gasteiger partial charge >= 0.3 is 6.03 Å². The van der Waals surface area contributed by atoms with E-state index in [2.05, 4.69) is 26.0 Å². The van der Waals surface area contributed by atoms with Crippen LogP contribution in [0.2, 0.25) is 0 Å². The number of halogens is 3. The van der Waals surface area contributed by atoms with Gasteiger partial charge in [-0.3, -0.25) is 19.8 Å². The molecule has 0 saturated carbocycles. The first-order valence-electron chi connectivity index (χ1n) is 10.9. The first-order valence-corrected chi connectivity index (χ1v) is 12.9. The minimum atomic E-state index is -1.97. The number of rotatable bonds is 7. The van der Waals surface area contributed by atoms with Gasteiger partial charge in [-0.25, -0.2) is 13.6 Å². The third-order valence-corrected chi connectivity index (χ3v) is 7.84. The fourth-order valence-electron chi connectivity index (χ4n) is 3.87. The van der Waals surface area contributed by atoms with Crippen LogP contribution in [0.5, 0.6) is 0 Å². The van der Waals surface area contributed by atoms with E-state index in [1.807, 2.05) is 0 Å². The second-order valence-corrected chi connectivity index (χ2v) is 12.2. The molecule has 4 amide bonds. The Balaban J connectivity index is 1.86. The normalized spacial score (nSPS) is 23.0. The van der Waals surface area contributed by atoms with E-state index in [9.17, 15) is 23.3 Å². The molecule has 0 unspecified atom stereocenters. The minimum Gasteiger partial charge on any atom is -0.598 e. The van der Waals surface area contributed by atoms with E-state index in [1.165, 1.54) is 12.1 Å². The van der Waals surface area contributed by atoms with E-state index in [0.29, 0.717) is 30.5 Å². The zero-order valence-corrected chi connectivity index (χ0v) is 21.5. The van der Waals surface area contributed by atoms with Crippen LogP contribution in [0.3, 0.4) is 0 Å². The van der Waals surface area contributed by atoms with Crippen molar-refractivity contribution in [2.24, 2.45) is 5.92 Å². The summed E-state index contributed by atoms with van der Waals surface area (Å²) in [6.45, 7) is 5.74. The lowest BCUT2D eigenvalue weighted by Gasteiger charge is -2.38. The Morgan fingerprint density at radius 2 is 1.94 bits per heavy atom. The number of amides is 4. The molecular formula is C22H28BrF2N3O5S. The standard InChI is InChI=1S/C22H28BrF2N3O5S/c1-22(2,3)34(32)27-18(14-5-4-12(23)10-16(14)24)17(25)11-15-19(29)26-21(31)28(20(15)30)13-6-8-33-9-7-13/h4-5,10,13,15,17-18,27H,6-9,11H2,1-3H3,(H,26,29,31)/t15-,17-,18+,34-/m1/s1. The van der Waals surface area contributed by atoms with Gasteiger partial charge in [-0.05, 0) is 45.7 Å². The molecule has 0 spiro atoms. The molecule has 0 bridgehead atoms. The molecule has 188 valence electrons. The second kappa shape index (κ2) is 11.0. The first kappa shape index (κ1) is 27.0. The molecule has 2 N–H and O–H groups in total. The number of urea groups is 1. The molecule has 1 aromatic carbocycles. The van der Waals surface area contributed by atoms with Gasteiger partial charge in [0.2, 0.25) is 11.8 Å². The van der Waals surface area contributed by atoms with Crippen LogP contribution in [0.15, 0.2) is 22.7 Å². The van der Waals surface area contributed by atoms with Gasteiger partial charge in [-0.1, -0.05) is 22.0 Å². The number of barbiturate groups is 1. The Morgan fingerprint density at radius 1 is 1.29 bits per heavy atom. The molecule has 8 nitrogen and oxygen atoms in total. The number of ether oxygens (including phenoxy) is 1. The molecule has 4 atom stereocenters. The number of hydrogen-bond acceptors (Lipinski definition) is 6. The summed E-state index contributed by atoms with van der Waals surface area (Å²) in [6, 6.07) is 1.33. The number of alkyl halides is 1. The lowest BCUT2D eigenvalue weighted by molar-refractivity contribution is -0.146. The average Bonchev–Trinajstić information content (AvgIpc) is 2.75. The monoisotopic (exact) mass is 563 g/mol. The number of benzene rings is 1. The molecule has 2 fully saturated rings. The number of imide groups is 2. The van der Waals surface area contributed by atoms with Gasteiger partial charge in [-0.2, -0.15) is 0 Å². The summed E-state index contributed by atoms with van der Waals surface area (Å²) in [5.74, 6) is -3.93. The molecule has 0 aliphatic carbocycles. The van der Waals surface area contributed by atoms with E-state index >= 15 is 4.39 Å². The van der Waals surface area contributed by atoms with Crippen LogP contribution in [0.4, 0.5) is 13.6 Å².